The van der Waals surface area contributed by atoms with Crippen molar-refractivity contribution in [2.75, 3.05) is 0 Å². The van der Waals surface area contributed by atoms with Crippen molar-refractivity contribution in [1.82, 2.24) is 0 Å². The van der Waals surface area contributed by atoms with Crippen LogP contribution in [-0.2, 0) is 25.0 Å². The van der Waals surface area contributed by atoms with Crippen molar-refractivity contribution in [2.45, 2.75) is 0 Å². The second kappa shape index (κ2) is 42.1. The van der Waals surface area contributed by atoms with Gasteiger partial charge in [0.15, 0.2) is 0 Å². The summed E-state index contributed by atoms with van der Waals surface area (Å²) >= 11 is 0. The van der Waals surface area contributed by atoms with Gasteiger partial charge in [-0.15, -0.1) is 0 Å². The molecule has 3 nitrogen and oxygen atoms in total. The zero-order valence-electron chi connectivity index (χ0n) is 2.82. The van der Waals surface area contributed by atoms with E-state index >= 15 is 0 Å². The molecule has 24 valence electrons. The molecular weight excluding hydrogens is 153 g/mol. The van der Waals surface area contributed by atoms with Crippen molar-refractivity contribution in [3.8, 4) is 0 Å². The average Bonchev–Trinajstić information content (AvgIpc) is 0. The van der Waals surface area contributed by atoms with Gasteiger partial charge in [-0.3, -0.25) is 0 Å². The summed E-state index contributed by atoms with van der Waals surface area (Å²) in [7, 11) is 0. The Bertz CT molecular complexity index is 6.85. The summed E-state index contributed by atoms with van der Waals surface area (Å²) in [5.74, 6) is 0. The van der Waals surface area contributed by atoms with Crippen molar-refractivity contribution in [2.24, 2.45) is 0 Å². The van der Waals surface area contributed by atoms with Gasteiger partial charge in [0.1, 0.15) is 0 Å². The van der Waals surface area contributed by atoms with Crippen molar-refractivity contribution in [1.29, 1.82) is 0 Å². The zero-order chi connectivity index (χ0) is 0. The molecule has 0 aromatic heterocycles. The summed E-state index contributed by atoms with van der Waals surface area (Å²) < 4.78 is 0. The summed E-state index contributed by atoms with van der Waals surface area (Å²) in [5, 5.41) is 0. The fourth-order valence-electron chi connectivity index (χ4n) is 0. The van der Waals surface area contributed by atoms with Crippen molar-refractivity contribution < 1.29 is 35.9 Å². The Morgan fingerprint density at radius 3 is 0.800 bits per heavy atom. The predicted octanol–water partition coefficient (Wildman–Crippen LogP) is -2.15. The van der Waals surface area contributed by atoms with E-state index in [2.05, 4.69) is 0 Å². The van der Waals surface area contributed by atoms with Crippen LogP contribution in [0.15, 0.2) is 0 Å². The molecule has 0 amide bonds. The quantitative estimate of drug-likeness (QED) is 0.359. The molecule has 4 N–H and O–H groups in total. The van der Waals surface area contributed by atoms with Gasteiger partial charge in [0.2, 0.25) is 0 Å². The fraction of sp³-hybridized carbons (Fsp3) is 0. The van der Waals surface area contributed by atoms with E-state index in [0.29, 0.717) is 0 Å². The van der Waals surface area contributed by atoms with E-state index in [1.54, 1.807) is 0 Å². The first-order chi connectivity index (χ1) is 0. The number of hydrogen-bond acceptors (Lipinski definition) is 0. The average molecular weight is 157 g/mol. The molecule has 0 rings (SSSR count). The second-order valence-corrected chi connectivity index (χ2v) is 0. The SMILES string of the molecule is O.O.[Ca+2].[O-2].[Zn+2]. The Morgan fingerprint density at radius 1 is 0.800 bits per heavy atom. The second-order valence-electron chi connectivity index (χ2n) is 0. The van der Waals surface area contributed by atoms with Crippen LogP contribution in [0.25, 0.3) is 0 Å². The van der Waals surface area contributed by atoms with E-state index in [9.17, 15) is 0 Å². The Morgan fingerprint density at radius 2 is 0.800 bits per heavy atom. The van der Waals surface area contributed by atoms with E-state index in [4.69, 9.17) is 0 Å². The Kier molecular flexibility index (Phi) is 608. The van der Waals surface area contributed by atoms with E-state index in [0.717, 1.165) is 0 Å². The summed E-state index contributed by atoms with van der Waals surface area (Å²) in [4.78, 5) is 0. The third-order valence-corrected chi connectivity index (χ3v) is 0. The van der Waals surface area contributed by atoms with Gasteiger partial charge in [0, 0.05) is 0 Å². The van der Waals surface area contributed by atoms with Crippen molar-refractivity contribution in [3.63, 3.8) is 0 Å². The van der Waals surface area contributed by atoms with E-state index in [1.165, 1.54) is 0 Å². The van der Waals surface area contributed by atoms with E-state index in [-0.39, 0.29) is 73.6 Å². The summed E-state index contributed by atoms with van der Waals surface area (Å²) in [6.45, 7) is 0. The van der Waals surface area contributed by atoms with Crippen LogP contribution in [0.4, 0.5) is 0 Å². The third kappa shape index (κ3) is 26.3. The third-order valence-electron chi connectivity index (χ3n) is 0. The fourth-order valence-corrected chi connectivity index (χ4v) is 0. The Balaban J connectivity index is 0. The van der Waals surface area contributed by atoms with Crippen molar-refractivity contribution in [3.05, 3.63) is 0 Å². The van der Waals surface area contributed by atoms with Crippen LogP contribution in [0.1, 0.15) is 0 Å². The first-order valence-corrected chi connectivity index (χ1v) is 0. The first-order valence-electron chi connectivity index (χ1n) is 0. The van der Waals surface area contributed by atoms with Gasteiger partial charge in [-0.2, -0.15) is 0 Å². The van der Waals surface area contributed by atoms with Crippen LogP contribution in [0.2, 0.25) is 0 Å². The summed E-state index contributed by atoms with van der Waals surface area (Å²) in [6, 6.07) is 0. The van der Waals surface area contributed by atoms with Gasteiger partial charge in [0.25, 0.3) is 0 Å². The minimum atomic E-state index is 0. The molecule has 0 unspecified atom stereocenters. The maximum Gasteiger partial charge on any atom is 2.00 e. The van der Waals surface area contributed by atoms with E-state index in [1.807, 2.05) is 0 Å². The van der Waals surface area contributed by atoms with Gasteiger partial charge >= 0.3 is 57.2 Å². The molecule has 0 aliphatic rings. The Labute approximate surface area is 72.8 Å². The van der Waals surface area contributed by atoms with Gasteiger partial charge in [-0.1, -0.05) is 0 Å². The number of rotatable bonds is 0. The van der Waals surface area contributed by atoms with Gasteiger partial charge < -0.3 is 16.4 Å². The summed E-state index contributed by atoms with van der Waals surface area (Å²) in [5.41, 5.74) is 0. The molecule has 0 radical (unpaired) electrons. The van der Waals surface area contributed by atoms with Crippen LogP contribution < -0.4 is 0 Å². The monoisotopic (exact) mass is 156 g/mol. The van der Waals surface area contributed by atoms with E-state index < -0.39 is 0 Å². The maximum absolute atomic E-state index is 0. The van der Waals surface area contributed by atoms with Crippen LogP contribution >= 0.6 is 0 Å². The van der Waals surface area contributed by atoms with Crippen LogP contribution in [-0.4, -0.2) is 48.7 Å². The molecule has 0 fully saturated rings. The van der Waals surface area contributed by atoms with Gasteiger partial charge in [-0.25, -0.2) is 0 Å². The smallest absolute Gasteiger partial charge is 2.00 e. The molecule has 0 aliphatic heterocycles. The molecule has 0 bridgehead atoms. The Hall–Kier alpha value is 1.76. The minimum absolute atomic E-state index is 0. The molecule has 0 aromatic carbocycles. The van der Waals surface area contributed by atoms with Gasteiger partial charge in [-0.05, 0) is 0 Å². The van der Waals surface area contributed by atoms with Crippen molar-refractivity contribution >= 4 is 37.7 Å². The molecular formula is H4CaO3Zn+2. The molecule has 5 heteroatoms. The van der Waals surface area contributed by atoms with Crippen LogP contribution in [0.5, 0.6) is 0 Å². The minimum Gasteiger partial charge on any atom is -2.00 e. The molecule has 0 heterocycles. The zero-order valence-corrected chi connectivity index (χ0v) is 8.00. The van der Waals surface area contributed by atoms with Crippen LogP contribution in [0.3, 0.4) is 0 Å². The summed E-state index contributed by atoms with van der Waals surface area (Å²) in [6.07, 6.45) is 0. The molecule has 0 atom stereocenters. The predicted molar refractivity (Wildman–Crippen MR) is 13.7 cm³/mol. The standard InChI is InChI=1S/Ca.2H2O.O.Zn/h;2*1H2;;/q+2;;;-2;+2. The first kappa shape index (κ1) is 72.3. The molecule has 0 saturated carbocycles. The normalized spacial score (nSPS) is 0. The topological polar surface area (TPSA) is 91.5 Å². The largest absolute Gasteiger partial charge is 2.00 e. The molecule has 0 spiro atoms. The molecule has 0 aliphatic carbocycles. The molecule has 0 saturated heterocycles. The molecule has 0 aromatic rings. The molecule has 5 heavy (non-hydrogen) atoms. The van der Waals surface area contributed by atoms with Gasteiger partial charge in [0.05, 0.1) is 0 Å². The maximum atomic E-state index is 0. The van der Waals surface area contributed by atoms with Crippen LogP contribution in [0, 0.1) is 0 Å². The number of hydrogen-bond donors (Lipinski definition) is 0.